The summed E-state index contributed by atoms with van der Waals surface area (Å²) in [4.78, 5) is 94.5. The Morgan fingerprint density at radius 2 is 0.848 bits per heavy atom. The molecule has 8 aromatic rings. The number of ketones is 2. The predicted molar refractivity (Wildman–Crippen MR) is 304 cm³/mol. The molecule has 21 nitrogen and oxygen atoms in total. The fraction of sp³-hybridized carbons (Fsp3) is 0.250. The first-order valence-corrected chi connectivity index (χ1v) is 26.2. The molecule has 2 saturated heterocycles. The maximum Gasteiger partial charge on any atom is 0.351 e. The summed E-state index contributed by atoms with van der Waals surface area (Å²) in [7, 11) is 0. The van der Waals surface area contributed by atoms with Crippen molar-refractivity contribution >= 4 is 69.8 Å². The Morgan fingerprint density at radius 1 is 0.494 bits per heavy atom. The number of rotatable bonds is 14. The van der Waals surface area contributed by atoms with Crippen molar-refractivity contribution in [2.24, 2.45) is 0 Å². The van der Waals surface area contributed by atoms with Gasteiger partial charge >= 0.3 is 23.4 Å². The molecule has 10 rings (SSSR count). The number of hydrogen-bond donors (Lipinski definition) is 2. The van der Waals surface area contributed by atoms with Gasteiger partial charge < -0.3 is 35.7 Å². The average Bonchev–Trinajstić information content (AvgIpc) is 4.11. The number of halogens is 2. The number of nitrogens with one attached hydrogen (secondary N) is 2. The number of carbonyl (C=O) groups is 4. The van der Waals surface area contributed by atoms with Gasteiger partial charge in [0.15, 0.2) is 11.6 Å². The Morgan fingerprint density at radius 3 is 1.16 bits per heavy atom. The summed E-state index contributed by atoms with van der Waals surface area (Å²) in [6.45, 7) is 8.48. The van der Waals surface area contributed by atoms with Gasteiger partial charge in [-0.05, 0) is 110 Å². The fourth-order valence-electron chi connectivity index (χ4n) is 9.11. The van der Waals surface area contributed by atoms with Crippen LogP contribution in [0.15, 0.2) is 168 Å². The summed E-state index contributed by atoms with van der Waals surface area (Å²) in [6, 6.07) is 37.5. The van der Waals surface area contributed by atoms with Crippen molar-refractivity contribution in [2.75, 3.05) is 72.8 Å². The second-order valence-corrected chi connectivity index (χ2v) is 19.2. The van der Waals surface area contributed by atoms with Crippen molar-refractivity contribution < 1.29 is 24.7 Å². The number of urea groups is 2. The highest BCUT2D eigenvalue weighted by Gasteiger charge is 2.28. The Hall–Kier alpha value is -8.92. The van der Waals surface area contributed by atoms with E-state index in [1.807, 2.05) is 86.6 Å². The zero-order chi connectivity index (χ0) is 54.7. The van der Waals surface area contributed by atoms with E-state index in [9.17, 15) is 28.8 Å². The van der Waals surface area contributed by atoms with Gasteiger partial charge in [-0.1, -0.05) is 73.4 Å². The van der Waals surface area contributed by atoms with Crippen molar-refractivity contribution in [3.05, 3.63) is 201 Å². The maximum atomic E-state index is 13.2. The number of carbonyl (C=O) groups excluding carboxylic acids is 4. The van der Waals surface area contributed by atoms with Crippen LogP contribution < -0.4 is 31.8 Å². The second-order valence-electron chi connectivity index (χ2n) is 18.3. The number of piperazine rings is 2. The van der Waals surface area contributed by atoms with Crippen molar-refractivity contribution in [1.82, 2.24) is 48.5 Å². The van der Waals surface area contributed by atoms with Crippen LogP contribution in [0.1, 0.15) is 59.5 Å². The highest BCUT2D eigenvalue weighted by Crippen LogP contribution is 2.23. The predicted octanol–water partition coefficient (Wildman–Crippen LogP) is 7.72. The van der Waals surface area contributed by atoms with E-state index >= 15 is 0 Å². The van der Waals surface area contributed by atoms with Gasteiger partial charge in [-0.15, -0.1) is 0 Å². The second kappa shape index (κ2) is 25.9. The molecule has 2 atom stereocenters. The summed E-state index contributed by atoms with van der Waals surface area (Å²) in [5.74, 6) is 1.11. The standard InChI is InChI=1S/2C28H28ClN7O3.H2O/c2*1-2-24(26(37)20-8-10-21(29)11-9-20)36-28(39)35(19-31-36)23-12-13-25(30-18-23)33-14-16-34(17-15-33)27(38)32-22-6-4-3-5-7-22;/h2*3-13,18-19,24H,2,14-17H2,1H3,(H,32,38);1H2. The molecule has 2 fully saturated rings. The normalized spacial score (nSPS) is 14.0. The molecule has 79 heavy (non-hydrogen) atoms. The van der Waals surface area contributed by atoms with E-state index < -0.39 is 23.5 Å². The molecule has 23 heteroatoms. The third kappa shape index (κ3) is 13.3. The van der Waals surface area contributed by atoms with Crippen LogP contribution in [0.5, 0.6) is 0 Å². The number of amides is 4. The van der Waals surface area contributed by atoms with Crippen LogP contribution in [0, 0.1) is 0 Å². The fourth-order valence-corrected chi connectivity index (χ4v) is 9.36. The smallest absolute Gasteiger partial charge is 0.351 e. The lowest BCUT2D eigenvalue weighted by molar-refractivity contribution is 0.0904. The molecule has 408 valence electrons. The minimum Gasteiger partial charge on any atom is -0.412 e. The molecule has 2 unspecified atom stereocenters. The molecule has 6 heterocycles. The van der Waals surface area contributed by atoms with E-state index in [0.717, 1.165) is 23.0 Å². The Bertz CT molecular complexity index is 3220. The highest BCUT2D eigenvalue weighted by molar-refractivity contribution is 6.31. The van der Waals surface area contributed by atoms with Crippen LogP contribution in [-0.2, 0) is 0 Å². The number of Topliss-reactive ketones (excluding diaryl/α,β-unsaturated/α-hetero) is 2. The topological polar surface area (TPSA) is 242 Å². The van der Waals surface area contributed by atoms with Gasteiger partial charge in [0.2, 0.25) is 0 Å². The minimum atomic E-state index is -0.734. The van der Waals surface area contributed by atoms with Gasteiger partial charge in [-0.25, -0.2) is 47.6 Å². The molecule has 4 aromatic carbocycles. The quantitative estimate of drug-likeness (QED) is 0.0995. The van der Waals surface area contributed by atoms with Crippen molar-refractivity contribution in [3.63, 3.8) is 0 Å². The van der Waals surface area contributed by atoms with Gasteiger partial charge in [0.25, 0.3) is 0 Å². The molecule has 0 spiro atoms. The lowest BCUT2D eigenvalue weighted by Crippen LogP contribution is -2.50. The van der Waals surface area contributed by atoms with Crippen molar-refractivity contribution in [3.8, 4) is 11.4 Å². The number of pyridine rings is 2. The number of aromatic nitrogens is 8. The molecular weight excluding hydrogens is 1050 g/mol. The molecule has 0 aliphatic carbocycles. The lowest BCUT2D eigenvalue weighted by Gasteiger charge is -2.35. The average molecular weight is 1110 g/mol. The number of hydrogen-bond acceptors (Lipinski definition) is 12. The number of nitrogens with zero attached hydrogens (tertiary/aromatic N) is 12. The lowest BCUT2D eigenvalue weighted by atomic mass is 10.0. The Balaban J connectivity index is 0.000000205. The SMILES string of the molecule is CCC(C(=O)c1ccc(Cl)cc1)n1ncn(-c2ccc(N3CCN(C(=O)Nc4ccccc4)CC3)nc2)c1=O.CCC(C(=O)c1ccc(Cl)cc1)n1ncn(-c2ccc(N3CCN(C(=O)Nc4ccccc4)CC3)nc2)c1=O.O. The molecule has 0 radical (unpaired) electrons. The Kier molecular flexibility index (Phi) is 18.5. The minimum absolute atomic E-state index is 0. The molecule has 4 N–H and O–H groups in total. The third-order valence-electron chi connectivity index (χ3n) is 13.5. The van der Waals surface area contributed by atoms with Crippen LogP contribution >= 0.6 is 23.2 Å². The van der Waals surface area contributed by atoms with E-state index in [-0.39, 0.29) is 29.1 Å². The van der Waals surface area contributed by atoms with Crippen LogP contribution in [-0.4, -0.2) is 130 Å². The molecule has 4 amide bonds. The number of para-hydroxylation sites is 2. The van der Waals surface area contributed by atoms with Crippen LogP contribution in [0.25, 0.3) is 11.4 Å². The van der Waals surface area contributed by atoms with E-state index in [1.54, 1.807) is 82.9 Å². The molecule has 0 saturated carbocycles. The first-order valence-electron chi connectivity index (χ1n) is 25.5. The van der Waals surface area contributed by atoms with E-state index in [1.165, 1.54) is 31.2 Å². The summed E-state index contributed by atoms with van der Waals surface area (Å²) in [5, 5.41) is 15.4. The molecule has 0 bridgehead atoms. The van der Waals surface area contributed by atoms with Gasteiger partial charge in [0.1, 0.15) is 36.4 Å². The highest BCUT2D eigenvalue weighted by atomic mass is 35.5. The largest absolute Gasteiger partial charge is 0.412 e. The Labute approximate surface area is 464 Å². The van der Waals surface area contributed by atoms with E-state index in [4.69, 9.17) is 23.2 Å². The molecule has 2 aliphatic heterocycles. The first kappa shape index (κ1) is 56.3. The van der Waals surface area contributed by atoms with Gasteiger partial charge in [0.05, 0.1) is 23.8 Å². The third-order valence-corrected chi connectivity index (χ3v) is 14.0. The summed E-state index contributed by atoms with van der Waals surface area (Å²) < 4.78 is 5.18. The van der Waals surface area contributed by atoms with Gasteiger partial charge in [0, 0.05) is 84.9 Å². The van der Waals surface area contributed by atoms with Crippen LogP contribution in [0.2, 0.25) is 10.0 Å². The zero-order valence-electron chi connectivity index (χ0n) is 43.3. The van der Waals surface area contributed by atoms with E-state index in [0.29, 0.717) is 97.7 Å². The molecular formula is C56H58Cl2N14O7. The van der Waals surface area contributed by atoms with Crippen molar-refractivity contribution in [1.29, 1.82) is 0 Å². The summed E-state index contributed by atoms with van der Waals surface area (Å²) in [6.07, 6.45) is 6.84. The van der Waals surface area contributed by atoms with Crippen LogP contribution in [0.3, 0.4) is 0 Å². The number of benzene rings is 4. The van der Waals surface area contributed by atoms with Crippen molar-refractivity contribution in [2.45, 2.75) is 38.8 Å². The summed E-state index contributed by atoms with van der Waals surface area (Å²) >= 11 is 11.9. The van der Waals surface area contributed by atoms with E-state index in [2.05, 4.69) is 40.6 Å². The van der Waals surface area contributed by atoms with Gasteiger partial charge in [-0.2, -0.15) is 10.2 Å². The van der Waals surface area contributed by atoms with Crippen LogP contribution in [0.4, 0.5) is 32.6 Å². The monoisotopic (exact) mass is 1110 g/mol. The summed E-state index contributed by atoms with van der Waals surface area (Å²) in [5.41, 5.74) is 2.72. The van der Waals surface area contributed by atoms with Gasteiger partial charge in [-0.3, -0.25) is 9.59 Å². The first-order chi connectivity index (χ1) is 37.9. The molecule has 4 aromatic heterocycles. The zero-order valence-corrected chi connectivity index (χ0v) is 44.8. The number of anilines is 4. The maximum absolute atomic E-state index is 13.2. The molecule has 2 aliphatic rings.